The van der Waals surface area contributed by atoms with E-state index in [1.165, 1.54) is 5.56 Å². The Balaban J connectivity index is 2.19. The molecule has 0 aromatic carbocycles. The third-order valence-corrected chi connectivity index (χ3v) is 2.78. The van der Waals surface area contributed by atoms with Crippen molar-refractivity contribution in [3.05, 3.63) is 29.6 Å². The van der Waals surface area contributed by atoms with E-state index in [9.17, 15) is 0 Å². The second kappa shape index (κ2) is 9.13. The third-order valence-electron chi connectivity index (χ3n) is 2.78. The Bertz CT molecular complexity index is 383. The predicted molar refractivity (Wildman–Crippen MR) is 86.1 cm³/mol. The van der Waals surface area contributed by atoms with Gasteiger partial charge in [-0.3, -0.25) is 4.98 Å². The van der Waals surface area contributed by atoms with Crippen LogP contribution in [0.1, 0.15) is 45.9 Å². The van der Waals surface area contributed by atoms with Crippen LogP contribution >= 0.6 is 0 Å². The van der Waals surface area contributed by atoms with Crippen LogP contribution in [0.3, 0.4) is 0 Å². The molecule has 0 spiro atoms. The first-order chi connectivity index (χ1) is 9.87. The molecule has 0 fully saturated rings. The monoisotopic (exact) mass is 294 g/mol. The maximum Gasteiger partial charge on any atom is 0.0889 e. The van der Waals surface area contributed by atoms with Crippen LogP contribution < -0.4 is 5.32 Å². The standard InChI is InChI=1S/C17H30N2O2/c1-14(2)10-18-11-15-6-7-16(19-12-15)13-20-8-9-21-17(3,4)5/h6-7,12,14,18H,8-11,13H2,1-5H3. The second-order valence-corrected chi connectivity index (χ2v) is 6.70. The van der Waals surface area contributed by atoms with Crippen molar-refractivity contribution in [3.63, 3.8) is 0 Å². The van der Waals surface area contributed by atoms with Gasteiger partial charge in [0.1, 0.15) is 0 Å². The van der Waals surface area contributed by atoms with Crippen LogP contribution in [-0.4, -0.2) is 30.3 Å². The molecule has 4 heteroatoms. The molecule has 1 aromatic heterocycles. The number of pyridine rings is 1. The zero-order valence-electron chi connectivity index (χ0n) is 14.1. The topological polar surface area (TPSA) is 43.4 Å². The fourth-order valence-corrected chi connectivity index (χ4v) is 1.73. The van der Waals surface area contributed by atoms with E-state index in [1.807, 2.05) is 33.0 Å². The normalized spacial score (nSPS) is 12.1. The first kappa shape index (κ1) is 18.1. The van der Waals surface area contributed by atoms with Gasteiger partial charge in [-0.2, -0.15) is 0 Å². The first-order valence-corrected chi connectivity index (χ1v) is 7.73. The number of hydrogen-bond acceptors (Lipinski definition) is 4. The van der Waals surface area contributed by atoms with Crippen molar-refractivity contribution >= 4 is 0 Å². The summed E-state index contributed by atoms with van der Waals surface area (Å²) in [4.78, 5) is 4.42. The Labute approximate surface area is 129 Å². The van der Waals surface area contributed by atoms with Gasteiger partial charge in [0.2, 0.25) is 0 Å². The van der Waals surface area contributed by atoms with Crippen LogP contribution in [0.4, 0.5) is 0 Å². The Morgan fingerprint density at radius 1 is 1.19 bits per heavy atom. The highest BCUT2D eigenvalue weighted by Crippen LogP contribution is 2.06. The molecule has 0 amide bonds. The van der Waals surface area contributed by atoms with Crippen molar-refractivity contribution in [2.45, 2.75) is 53.4 Å². The molecule has 0 atom stereocenters. The predicted octanol–water partition coefficient (Wildman–Crippen LogP) is 3.16. The third kappa shape index (κ3) is 9.56. The molecule has 0 saturated carbocycles. The van der Waals surface area contributed by atoms with E-state index < -0.39 is 0 Å². The van der Waals surface area contributed by atoms with Gasteiger partial charge in [-0.25, -0.2) is 0 Å². The first-order valence-electron chi connectivity index (χ1n) is 7.73. The van der Waals surface area contributed by atoms with Crippen molar-refractivity contribution in [2.75, 3.05) is 19.8 Å². The Hall–Kier alpha value is -0.970. The van der Waals surface area contributed by atoms with Gasteiger partial charge in [-0.05, 0) is 44.9 Å². The summed E-state index contributed by atoms with van der Waals surface area (Å²) in [5.74, 6) is 0.668. The fraction of sp³-hybridized carbons (Fsp3) is 0.706. The van der Waals surface area contributed by atoms with Gasteiger partial charge in [0, 0.05) is 12.7 Å². The summed E-state index contributed by atoms with van der Waals surface area (Å²) >= 11 is 0. The lowest BCUT2D eigenvalue weighted by Crippen LogP contribution is -2.21. The quantitative estimate of drug-likeness (QED) is 0.711. The van der Waals surface area contributed by atoms with Gasteiger partial charge in [0.25, 0.3) is 0 Å². The molecule has 0 unspecified atom stereocenters. The molecular formula is C17H30N2O2. The van der Waals surface area contributed by atoms with E-state index in [0.29, 0.717) is 25.7 Å². The molecule has 0 aliphatic heterocycles. The summed E-state index contributed by atoms with van der Waals surface area (Å²) in [6, 6.07) is 4.13. The number of hydrogen-bond donors (Lipinski definition) is 1. The van der Waals surface area contributed by atoms with Crippen molar-refractivity contribution in [1.29, 1.82) is 0 Å². The van der Waals surface area contributed by atoms with E-state index in [1.54, 1.807) is 0 Å². The van der Waals surface area contributed by atoms with Gasteiger partial charge >= 0.3 is 0 Å². The molecule has 21 heavy (non-hydrogen) atoms. The van der Waals surface area contributed by atoms with Crippen LogP contribution in [0.15, 0.2) is 18.3 Å². The van der Waals surface area contributed by atoms with Gasteiger partial charge in [-0.15, -0.1) is 0 Å². The van der Waals surface area contributed by atoms with Crippen LogP contribution in [-0.2, 0) is 22.6 Å². The summed E-state index contributed by atoms with van der Waals surface area (Å²) in [6.45, 7) is 14.2. The van der Waals surface area contributed by atoms with E-state index in [0.717, 1.165) is 18.8 Å². The minimum Gasteiger partial charge on any atom is -0.373 e. The lowest BCUT2D eigenvalue weighted by molar-refractivity contribution is -0.0380. The summed E-state index contributed by atoms with van der Waals surface area (Å²) in [7, 11) is 0. The molecule has 0 aliphatic carbocycles. The zero-order valence-corrected chi connectivity index (χ0v) is 14.1. The molecule has 1 N–H and O–H groups in total. The molecular weight excluding hydrogens is 264 g/mol. The minimum absolute atomic E-state index is 0.105. The number of rotatable bonds is 9. The molecule has 1 rings (SSSR count). The van der Waals surface area contributed by atoms with Crippen LogP contribution in [0.2, 0.25) is 0 Å². The molecule has 1 aromatic rings. The smallest absolute Gasteiger partial charge is 0.0889 e. The maximum atomic E-state index is 5.60. The zero-order chi connectivity index (χ0) is 15.7. The van der Waals surface area contributed by atoms with Gasteiger partial charge in [0.15, 0.2) is 0 Å². The van der Waals surface area contributed by atoms with E-state index >= 15 is 0 Å². The lowest BCUT2D eigenvalue weighted by Gasteiger charge is -2.19. The highest BCUT2D eigenvalue weighted by molar-refractivity contribution is 5.13. The van der Waals surface area contributed by atoms with Crippen LogP contribution in [0, 0.1) is 5.92 Å². The van der Waals surface area contributed by atoms with Crippen molar-refractivity contribution in [3.8, 4) is 0 Å². The lowest BCUT2D eigenvalue weighted by atomic mass is 10.2. The average Bonchev–Trinajstić information content (AvgIpc) is 2.38. The molecule has 120 valence electrons. The van der Waals surface area contributed by atoms with Gasteiger partial charge in [-0.1, -0.05) is 19.9 Å². The summed E-state index contributed by atoms with van der Waals surface area (Å²) in [6.07, 6.45) is 1.91. The second-order valence-electron chi connectivity index (χ2n) is 6.70. The molecule has 0 saturated heterocycles. The Morgan fingerprint density at radius 3 is 2.52 bits per heavy atom. The largest absolute Gasteiger partial charge is 0.373 e. The van der Waals surface area contributed by atoms with Crippen molar-refractivity contribution in [2.24, 2.45) is 5.92 Å². The van der Waals surface area contributed by atoms with E-state index in [2.05, 4.69) is 30.2 Å². The molecule has 1 heterocycles. The number of nitrogens with zero attached hydrogens (tertiary/aromatic N) is 1. The number of aromatic nitrogens is 1. The Morgan fingerprint density at radius 2 is 1.95 bits per heavy atom. The highest BCUT2D eigenvalue weighted by Gasteiger charge is 2.08. The van der Waals surface area contributed by atoms with Gasteiger partial charge < -0.3 is 14.8 Å². The summed E-state index contributed by atoms with van der Waals surface area (Å²) < 4.78 is 11.2. The Kier molecular flexibility index (Phi) is 7.86. The molecule has 0 bridgehead atoms. The average molecular weight is 294 g/mol. The fourth-order valence-electron chi connectivity index (χ4n) is 1.73. The van der Waals surface area contributed by atoms with E-state index in [-0.39, 0.29) is 5.60 Å². The number of nitrogens with one attached hydrogen (secondary N) is 1. The van der Waals surface area contributed by atoms with Crippen LogP contribution in [0.25, 0.3) is 0 Å². The SMILES string of the molecule is CC(C)CNCc1ccc(COCCOC(C)(C)C)nc1. The van der Waals surface area contributed by atoms with Crippen molar-refractivity contribution in [1.82, 2.24) is 10.3 Å². The molecule has 0 radical (unpaired) electrons. The molecule has 4 nitrogen and oxygen atoms in total. The minimum atomic E-state index is -0.105. The summed E-state index contributed by atoms with van der Waals surface area (Å²) in [5, 5.41) is 3.41. The summed E-state index contributed by atoms with van der Waals surface area (Å²) in [5.41, 5.74) is 2.06. The van der Waals surface area contributed by atoms with Crippen LogP contribution in [0.5, 0.6) is 0 Å². The van der Waals surface area contributed by atoms with Gasteiger partial charge in [0.05, 0.1) is 31.1 Å². The highest BCUT2D eigenvalue weighted by atomic mass is 16.5. The van der Waals surface area contributed by atoms with Crippen molar-refractivity contribution < 1.29 is 9.47 Å². The maximum absolute atomic E-state index is 5.60. The molecule has 0 aliphatic rings. The number of ether oxygens (including phenoxy) is 2. The van der Waals surface area contributed by atoms with E-state index in [4.69, 9.17) is 9.47 Å².